The standard InChI is InChI=1S/C27H29F2N5O4S/c1-27(2,38)23(29)12-31-26(37)18-11-30-24(33-17-6-7-19-22(9-17)39-14-32-19)10-20(18)34-25(21(36)13-35)15-4-3-5-16(28)8-15/h3-11,14,21,23,25,35-36,38H,12-13H2,1-2H3,(H,31,37)(H2,30,33,34)/t21-,23-,25+/m1/s1. The Morgan fingerprint density at radius 3 is 2.67 bits per heavy atom. The maximum atomic E-state index is 14.3. The molecule has 9 nitrogen and oxygen atoms in total. The number of pyridine rings is 1. The Labute approximate surface area is 227 Å². The second-order valence-electron chi connectivity index (χ2n) is 9.53. The lowest BCUT2D eigenvalue weighted by Crippen LogP contribution is -2.42. The van der Waals surface area contributed by atoms with E-state index in [9.17, 15) is 28.9 Å². The maximum absolute atomic E-state index is 14.3. The molecule has 0 aliphatic carbocycles. The highest BCUT2D eigenvalue weighted by Gasteiger charge is 2.28. The number of carbonyl (C=O) groups excluding carboxylic acids is 1. The van der Waals surface area contributed by atoms with Gasteiger partial charge in [0.15, 0.2) is 0 Å². The van der Waals surface area contributed by atoms with Crippen molar-refractivity contribution in [2.24, 2.45) is 0 Å². The molecule has 4 rings (SSSR count). The van der Waals surface area contributed by atoms with Crippen molar-refractivity contribution < 1.29 is 28.9 Å². The summed E-state index contributed by atoms with van der Waals surface area (Å²) in [5.41, 5.74) is 2.16. The number of amides is 1. The van der Waals surface area contributed by atoms with Crippen molar-refractivity contribution >= 4 is 44.7 Å². The molecule has 0 spiro atoms. The summed E-state index contributed by atoms with van der Waals surface area (Å²) in [6, 6.07) is 11.6. The van der Waals surface area contributed by atoms with Gasteiger partial charge in [0.25, 0.3) is 5.91 Å². The first-order valence-electron chi connectivity index (χ1n) is 12.1. The normalized spacial score (nSPS) is 14.0. The summed E-state index contributed by atoms with van der Waals surface area (Å²) < 4.78 is 29.2. The van der Waals surface area contributed by atoms with Crippen molar-refractivity contribution in [1.29, 1.82) is 0 Å². The number of aliphatic hydroxyl groups excluding tert-OH is 2. The van der Waals surface area contributed by atoms with Gasteiger partial charge in [0.1, 0.15) is 23.9 Å². The number of alkyl halides is 1. The van der Waals surface area contributed by atoms with Crippen molar-refractivity contribution in [3.63, 3.8) is 0 Å². The number of fused-ring (bicyclic) bond motifs is 1. The number of nitrogens with zero attached hydrogens (tertiary/aromatic N) is 2. The van der Waals surface area contributed by atoms with Gasteiger partial charge in [-0.05, 0) is 49.7 Å². The third-order valence-corrected chi connectivity index (χ3v) is 6.84. The smallest absolute Gasteiger partial charge is 0.255 e. The molecule has 0 aliphatic heterocycles. The minimum Gasteiger partial charge on any atom is -0.394 e. The van der Waals surface area contributed by atoms with Gasteiger partial charge >= 0.3 is 0 Å². The third-order valence-electron chi connectivity index (χ3n) is 6.05. The first kappa shape index (κ1) is 28.3. The van der Waals surface area contributed by atoms with E-state index in [-0.39, 0.29) is 11.3 Å². The van der Waals surface area contributed by atoms with Crippen molar-refractivity contribution in [2.45, 2.75) is 37.8 Å². The van der Waals surface area contributed by atoms with Crippen LogP contribution in [-0.2, 0) is 0 Å². The number of halogens is 2. The van der Waals surface area contributed by atoms with Crippen LogP contribution in [0.5, 0.6) is 0 Å². The summed E-state index contributed by atoms with van der Waals surface area (Å²) in [4.78, 5) is 21.6. The van der Waals surface area contributed by atoms with Gasteiger partial charge in [-0.2, -0.15) is 0 Å². The molecule has 0 radical (unpaired) electrons. The van der Waals surface area contributed by atoms with Crippen LogP contribution in [-0.4, -0.2) is 62.2 Å². The zero-order chi connectivity index (χ0) is 28.2. The molecule has 0 bridgehead atoms. The Bertz CT molecular complexity index is 1450. The number of thiazole rings is 1. The molecule has 0 aliphatic rings. The van der Waals surface area contributed by atoms with E-state index in [1.165, 1.54) is 55.6 Å². The molecule has 2 aromatic heterocycles. The van der Waals surface area contributed by atoms with Gasteiger partial charge in [-0.1, -0.05) is 12.1 Å². The molecule has 2 heterocycles. The fourth-order valence-corrected chi connectivity index (χ4v) is 4.52. The summed E-state index contributed by atoms with van der Waals surface area (Å²) in [5, 5.41) is 38.7. The predicted molar refractivity (Wildman–Crippen MR) is 147 cm³/mol. The molecule has 3 atom stereocenters. The quantitative estimate of drug-likeness (QED) is 0.163. The van der Waals surface area contributed by atoms with Crippen LogP contribution in [0.1, 0.15) is 35.8 Å². The minimum atomic E-state index is -1.73. The first-order chi connectivity index (χ1) is 18.5. The Morgan fingerprint density at radius 1 is 1.15 bits per heavy atom. The number of hydrogen-bond acceptors (Lipinski definition) is 9. The molecule has 0 saturated carbocycles. The van der Waals surface area contributed by atoms with Gasteiger partial charge in [-0.3, -0.25) is 4.79 Å². The first-order valence-corrected chi connectivity index (χ1v) is 13.0. The molecular formula is C27H29F2N5O4S. The molecular weight excluding hydrogens is 528 g/mol. The van der Waals surface area contributed by atoms with Crippen LogP contribution in [0, 0.1) is 5.82 Å². The second kappa shape index (κ2) is 12.0. The van der Waals surface area contributed by atoms with Gasteiger partial charge in [0.05, 0.1) is 51.8 Å². The van der Waals surface area contributed by atoms with Crippen molar-refractivity contribution in [2.75, 3.05) is 23.8 Å². The zero-order valence-electron chi connectivity index (χ0n) is 21.2. The summed E-state index contributed by atoms with van der Waals surface area (Å²) in [5.74, 6) is -0.890. The highest BCUT2D eigenvalue weighted by Crippen LogP contribution is 2.30. The van der Waals surface area contributed by atoms with E-state index in [1.54, 1.807) is 11.6 Å². The fourth-order valence-electron chi connectivity index (χ4n) is 3.81. The summed E-state index contributed by atoms with van der Waals surface area (Å²) in [6.45, 7) is 1.49. The van der Waals surface area contributed by atoms with E-state index in [0.29, 0.717) is 17.1 Å². The molecule has 0 unspecified atom stereocenters. The Balaban J connectivity index is 1.68. The van der Waals surface area contributed by atoms with Crippen LogP contribution in [0.15, 0.2) is 60.2 Å². The SMILES string of the molecule is CC(C)(O)[C@H](F)CNC(=O)c1cnc(Nc2ccc3ncsc3c2)cc1N[C@@H](c1cccc(F)c1)[C@H](O)CO. The van der Waals surface area contributed by atoms with E-state index in [1.807, 2.05) is 18.2 Å². The van der Waals surface area contributed by atoms with Gasteiger partial charge < -0.3 is 31.3 Å². The minimum absolute atomic E-state index is 0.00736. The Morgan fingerprint density at radius 2 is 1.95 bits per heavy atom. The number of rotatable bonds is 11. The Kier molecular flexibility index (Phi) is 8.70. The van der Waals surface area contributed by atoms with Gasteiger partial charge in [-0.15, -0.1) is 11.3 Å². The third kappa shape index (κ3) is 7.03. The summed E-state index contributed by atoms with van der Waals surface area (Å²) in [6.07, 6.45) is -1.81. The number of hydrogen-bond donors (Lipinski definition) is 6. The predicted octanol–water partition coefficient (Wildman–Crippen LogP) is 3.92. The number of benzene rings is 2. The van der Waals surface area contributed by atoms with Crippen LogP contribution in [0.2, 0.25) is 0 Å². The lowest BCUT2D eigenvalue weighted by Gasteiger charge is -2.26. The van der Waals surface area contributed by atoms with Crippen molar-refractivity contribution in [1.82, 2.24) is 15.3 Å². The molecule has 206 valence electrons. The van der Waals surface area contributed by atoms with Crippen LogP contribution < -0.4 is 16.0 Å². The van der Waals surface area contributed by atoms with E-state index in [4.69, 9.17) is 0 Å². The van der Waals surface area contributed by atoms with Crippen LogP contribution in [0.25, 0.3) is 10.2 Å². The van der Waals surface area contributed by atoms with Crippen LogP contribution in [0.4, 0.5) is 26.0 Å². The lowest BCUT2D eigenvalue weighted by molar-refractivity contribution is -0.00177. The molecule has 4 aromatic rings. The van der Waals surface area contributed by atoms with Gasteiger partial charge in [0.2, 0.25) is 0 Å². The number of nitrogens with one attached hydrogen (secondary N) is 3. The molecule has 0 fully saturated rings. The highest BCUT2D eigenvalue weighted by atomic mass is 32.1. The summed E-state index contributed by atoms with van der Waals surface area (Å²) in [7, 11) is 0. The largest absolute Gasteiger partial charge is 0.394 e. The second-order valence-corrected chi connectivity index (χ2v) is 10.4. The van der Waals surface area contributed by atoms with E-state index in [0.717, 1.165) is 10.2 Å². The number of carbonyl (C=O) groups is 1. The van der Waals surface area contributed by atoms with E-state index < -0.39 is 48.8 Å². The highest BCUT2D eigenvalue weighted by molar-refractivity contribution is 7.16. The molecule has 39 heavy (non-hydrogen) atoms. The number of aromatic nitrogens is 2. The molecule has 2 aromatic carbocycles. The van der Waals surface area contributed by atoms with Crippen molar-refractivity contribution in [3.05, 3.63) is 77.2 Å². The monoisotopic (exact) mass is 557 g/mol. The average Bonchev–Trinajstić information content (AvgIpc) is 3.37. The van der Waals surface area contributed by atoms with Crippen LogP contribution in [0.3, 0.4) is 0 Å². The van der Waals surface area contributed by atoms with Crippen LogP contribution >= 0.6 is 11.3 Å². The number of anilines is 3. The topological polar surface area (TPSA) is 140 Å². The molecule has 0 saturated heterocycles. The Hall–Kier alpha value is -3.71. The fraction of sp³-hybridized carbons (Fsp3) is 0.296. The zero-order valence-corrected chi connectivity index (χ0v) is 22.0. The maximum Gasteiger partial charge on any atom is 0.255 e. The molecule has 12 heteroatoms. The van der Waals surface area contributed by atoms with E-state index >= 15 is 0 Å². The van der Waals surface area contributed by atoms with Gasteiger partial charge in [-0.25, -0.2) is 18.7 Å². The molecule has 1 amide bonds. The number of aliphatic hydroxyl groups is 3. The van der Waals surface area contributed by atoms with E-state index in [2.05, 4.69) is 25.9 Å². The summed E-state index contributed by atoms with van der Waals surface area (Å²) >= 11 is 1.48. The van der Waals surface area contributed by atoms with Crippen molar-refractivity contribution in [3.8, 4) is 0 Å². The molecule has 6 N–H and O–H groups in total. The van der Waals surface area contributed by atoms with Gasteiger partial charge in [0, 0.05) is 18.0 Å². The average molecular weight is 558 g/mol. The lowest BCUT2D eigenvalue weighted by atomic mass is 10.0.